The van der Waals surface area contributed by atoms with E-state index in [9.17, 15) is 0 Å². The number of benzene rings is 6. The summed E-state index contributed by atoms with van der Waals surface area (Å²) in [5.41, 5.74) is 21.8. The summed E-state index contributed by atoms with van der Waals surface area (Å²) in [6, 6.07) is 54.3. The van der Waals surface area contributed by atoms with Crippen molar-refractivity contribution >= 4 is 28.3 Å². The van der Waals surface area contributed by atoms with Crippen LogP contribution in [0.1, 0.15) is 95.9 Å². The van der Waals surface area contributed by atoms with Gasteiger partial charge in [0.25, 0.3) is 0 Å². The minimum Gasteiger partial charge on any atom is -0.458 e. The predicted octanol–water partition coefficient (Wildman–Crippen LogP) is 16.2. The van der Waals surface area contributed by atoms with Crippen LogP contribution in [-0.2, 0) is 10.8 Å². The Morgan fingerprint density at radius 3 is 2.20 bits per heavy atom. The molecule has 0 saturated carbocycles. The summed E-state index contributed by atoms with van der Waals surface area (Å²) in [6.07, 6.45) is 19.2. The SMILES string of the molecule is C/C=C\c1c(C)oc2c(-c3ccc(C4(c5ccccc5)C(C)=C(/C=C\CN(C5=CCC(c6cccc(C)c6)C=C5)c5ccc6c(c5)C(C)(C)c5ccccc5-6)c5ccccc54)cc3)[nH]cc12. The summed E-state index contributed by atoms with van der Waals surface area (Å²) in [4.78, 5) is 6.05. The number of fused-ring (bicyclic) bond motifs is 5. The van der Waals surface area contributed by atoms with E-state index < -0.39 is 5.41 Å². The summed E-state index contributed by atoms with van der Waals surface area (Å²) >= 11 is 0. The molecular formula is C63H56N2O. The Kier molecular flexibility index (Phi) is 10.2. The highest BCUT2D eigenvalue weighted by Gasteiger charge is 2.45. The number of allylic oxidation sites excluding steroid dienone is 7. The van der Waals surface area contributed by atoms with Crippen LogP contribution in [0.25, 0.3) is 45.0 Å². The van der Waals surface area contributed by atoms with Crippen LogP contribution in [-0.4, -0.2) is 11.5 Å². The van der Waals surface area contributed by atoms with Crippen molar-refractivity contribution in [1.82, 2.24) is 4.98 Å². The summed E-state index contributed by atoms with van der Waals surface area (Å²) in [6.45, 7) is 14.1. The van der Waals surface area contributed by atoms with Gasteiger partial charge in [-0.15, -0.1) is 0 Å². The lowest BCUT2D eigenvalue weighted by Crippen LogP contribution is -2.28. The number of furan rings is 1. The fourth-order valence-electron chi connectivity index (χ4n) is 11.5. The topological polar surface area (TPSA) is 32.2 Å². The zero-order valence-electron chi connectivity index (χ0n) is 38.8. The minimum absolute atomic E-state index is 0.0911. The van der Waals surface area contributed by atoms with Crippen LogP contribution in [0, 0.1) is 13.8 Å². The Bertz CT molecular complexity index is 3330. The summed E-state index contributed by atoms with van der Waals surface area (Å²) < 4.78 is 6.36. The van der Waals surface area contributed by atoms with Gasteiger partial charge in [-0.1, -0.05) is 189 Å². The van der Waals surface area contributed by atoms with E-state index >= 15 is 0 Å². The number of hydrogen-bond donors (Lipinski definition) is 1. The first-order valence-electron chi connectivity index (χ1n) is 23.5. The molecule has 0 spiro atoms. The molecule has 8 aromatic rings. The summed E-state index contributed by atoms with van der Waals surface area (Å²) in [7, 11) is 0. The Hall–Kier alpha value is -7.36. The Labute approximate surface area is 389 Å². The van der Waals surface area contributed by atoms with E-state index in [1.54, 1.807) is 0 Å². The first-order chi connectivity index (χ1) is 32.2. The molecule has 324 valence electrons. The van der Waals surface area contributed by atoms with Gasteiger partial charge in [-0.3, -0.25) is 0 Å². The molecule has 3 aliphatic carbocycles. The average molecular weight is 857 g/mol. The van der Waals surface area contributed by atoms with Crippen LogP contribution in [0.15, 0.2) is 204 Å². The van der Waals surface area contributed by atoms with Crippen molar-refractivity contribution in [3.05, 3.63) is 255 Å². The van der Waals surface area contributed by atoms with Crippen molar-refractivity contribution in [2.45, 2.75) is 64.7 Å². The van der Waals surface area contributed by atoms with E-state index in [2.05, 4.69) is 232 Å². The molecule has 6 aromatic carbocycles. The first-order valence-corrected chi connectivity index (χ1v) is 23.5. The number of hydrogen-bond acceptors (Lipinski definition) is 2. The summed E-state index contributed by atoms with van der Waals surface area (Å²) in [5.74, 6) is 1.29. The standard InChI is InChI=1S/C63H56N2O/c1-7-17-52-43(4)66-61-56(52)40-64-60(61)45-27-31-48(32-28-45)63(47-20-9-8-10-21-47)42(3)51(53-22-12-14-26-58(53)63)24-16-37-65(49-33-29-44(30-34-49)46-19-15-18-41(2)38-46)50-35-36-55-54-23-11-13-25-57(54)62(5,6)59(55)39-50/h7-29,31-36,38-40,44,64H,30,37H2,1-6H3/b17-7-,24-16-. The highest BCUT2D eigenvalue weighted by molar-refractivity contribution is 5.98. The molecule has 2 heterocycles. The maximum atomic E-state index is 6.36. The quantitative estimate of drug-likeness (QED) is 0.149. The van der Waals surface area contributed by atoms with Crippen LogP contribution in [0.3, 0.4) is 0 Å². The lowest BCUT2D eigenvalue weighted by atomic mass is 9.67. The van der Waals surface area contributed by atoms with Gasteiger partial charge in [-0.25, -0.2) is 0 Å². The molecule has 2 unspecified atom stereocenters. The predicted molar refractivity (Wildman–Crippen MR) is 277 cm³/mol. The maximum Gasteiger partial charge on any atom is 0.160 e. The molecule has 11 rings (SSSR count). The lowest BCUT2D eigenvalue weighted by Gasteiger charge is -2.34. The average Bonchev–Trinajstić information content (AvgIpc) is 4.04. The molecule has 0 amide bonds. The van der Waals surface area contributed by atoms with Gasteiger partial charge >= 0.3 is 0 Å². The Morgan fingerprint density at radius 2 is 1.44 bits per heavy atom. The van der Waals surface area contributed by atoms with Crippen LogP contribution < -0.4 is 4.90 Å². The van der Waals surface area contributed by atoms with Gasteiger partial charge in [0.2, 0.25) is 0 Å². The third kappa shape index (κ3) is 6.55. The van der Waals surface area contributed by atoms with Crippen molar-refractivity contribution in [3.63, 3.8) is 0 Å². The van der Waals surface area contributed by atoms with Crippen LogP contribution in [0.5, 0.6) is 0 Å². The smallest absolute Gasteiger partial charge is 0.160 e. The van der Waals surface area contributed by atoms with E-state index in [1.807, 2.05) is 13.8 Å². The molecule has 0 fully saturated rings. The molecule has 0 radical (unpaired) electrons. The van der Waals surface area contributed by atoms with E-state index in [1.165, 1.54) is 78.2 Å². The van der Waals surface area contributed by atoms with Crippen molar-refractivity contribution in [1.29, 1.82) is 0 Å². The second-order valence-electron chi connectivity index (χ2n) is 18.9. The molecular weight excluding hydrogens is 801 g/mol. The van der Waals surface area contributed by atoms with Crippen molar-refractivity contribution in [2.75, 3.05) is 11.4 Å². The van der Waals surface area contributed by atoms with E-state index in [0.29, 0.717) is 5.92 Å². The molecule has 2 atom stereocenters. The molecule has 0 aliphatic heterocycles. The highest BCUT2D eigenvalue weighted by Crippen LogP contribution is 2.55. The molecule has 1 N–H and O–H groups in total. The van der Waals surface area contributed by atoms with Gasteiger partial charge in [0, 0.05) is 52.0 Å². The van der Waals surface area contributed by atoms with Crippen LogP contribution in [0.4, 0.5) is 5.69 Å². The van der Waals surface area contributed by atoms with Gasteiger partial charge in [-0.2, -0.15) is 0 Å². The maximum absolute atomic E-state index is 6.36. The highest BCUT2D eigenvalue weighted by atomic mass is 16.3. The normalized spacial score (nSPS) is 18.3. The van der Waals surface area contributed by atoms with Crippen LogP contribution >= 0.6 is 0 Å². The lowest BCUT2D eigenvalue weighted by molar-refractivity contribution is 0.578. The second-order valence-corrected chi connectivity index (χ2v) is 18.9. The van der Waals surface area contributed by atoms with Gasteiger partial charge in [0.05, 0.1) is 11.1 Å². The number of aromatic amines is 1. The monoisotopic (exact) mass is 856 g/mol. The first kappa shape index (κ1) is 41.4. The third-order valence-corrected chi connectivity index (χ3v) is 14.8. The van der Waals surface area contributed by atoms with E-state index in [0.717, 1.165) is 46.5 Å². The third-order valence-electron chi connectivity index (χ3n) is 14.8. The molecule has 2 aromatic heterocycles. The molecule has 3 nitrogen and oxygen atoms in total. The number of H-pyrrole nitrogens is 1. The van der Waals surface area contributed by atoms with E-state index in [4.69, 9.17) is 4.42 Å². The van der Waals surface area contributed by atoms with Crippen molar-refractivity contribution < 1.29 is 4.42 Å². The largest absolute Gasteiger partial charge is 0.458 e. The number of rotatable bonds is 10. The number of nitrogens with zero attached hydrogens (tertiary/aromatic N) is 1. The number of aryl methyl sites for hydroxylation is 2. The molecule has 3 heteroatoms. The fourth-order valence-corrected chi connectivity index (χ4v) is 11.5. The van der Waals surface area contributed by atoms with E-state index in [-0.39, 0.29) is 5.41 Å². The second kappa shape index (κ2) is 16.3. The zero-order chi connectivity index (χ0) is 45.2. The van der Waals surface area contributed by atoms with Gasteiger partial charge < -0.3 is 14.3 Å². The Balaban J connectivity index is 0.987. The van der Waals surface area contributed by atoms with Crippen molar-refractivity contribution in [2.24, 2.45) is 0 Å². The molecule has 66 heavy (non-hydrogen) atoms. The van der Waals surface area contributed by atoms with Gasteiger partial charge in [0.15, 0.2) is 5.58 Å². The fraction of sp³-hybridized carbons (Fsp3) is 0.175. The molecule has 0 bridgehead atoms. The minimum atomic E-state index is -0.485. The van der Waals surface area contributed by atoms with Crippen LogP contribution in [0.2, 0.25) is 0 Å². The van der Waals surface area contributed by atoms with Gasteiger partial charge in [0.1, 0.15) is 5.76 Å². The Morgan fingerprint density at radius 1 is 0.712 bits per heavy atom. The number of anilines is 1. The molecule has 3 aliphatic rings. The number of nitrogens with one attached hydrogen (secondary N) is 1. The molecule has 0 saturated heterocycles. The van der Waals surface area contributed by atoms with Crippen molar-refractivity contribution in [3.8, 4) is 22.4 Å². The zero-order valence-corrected chi connectivity index (χ0v) is 38.8. The van der Waals surface area contributed by atoms with Gasteiger partial charge in [-0.05, 0) is 114 Å². The summed E-state index contributed by atoms with van der Waals surface area (Å²) in [5, 5.41) is 1.11. The number of aromatic nitrogens is 1.